The van der Waals surface area contributed by atoms with E-state index in [0.717, 1.165) is 5.56 Å². The minimum atomic E-state index is -0.469. The van der Waals surface area contributed by atoms with Crippen LogP contribution in [0.25, 0.3) is 5.82 Å². The van der Waals surface area contributed by atoms with Crippen molar-refractivity contribution >= 4 is 5.95 Å². The number of pyridine rings is 1. The number of hydrogen-bond acceptors (Lipinski definition) is 6. The molecule has 0 fully saturated rings. The van der Waals surface area contributed by atoms with Crippen LogP contribution < -0.4 is 16.5 Å². The Labute approximate surface area is 97.5 Å². The molecule has 0 saturated carbocycles. The monoisotopic (exact) mass is 232 g/mol. The Morgan fingerprint density at radius 3 is 2.65 bits per heavy atom. The standard InChI is InChI=1S/C10H12N6O/c1-7-3-4-8(12-5-7)16-6-13-9(15(2)11)14-10(16)17/h3-6H,11H2,1-2H3. The van der Waals surface area contributed by atoms with E-state index in [4.69, 9.17) is 5.84 Å². The molecule has 7 nitrogen and oxygen atoms in total. The lowest BCUT2D eigenvalue weighted by molar-refractivity contribution is 0.803. The SMILES string of the molecule is Cc1ccc(-n2cnc(N(C)N)nc2=O)nc1. The Hall–Kier alpha value is -2.28. The van der Waals surface area contributed by atoms with E-state index in [1.54, 1.807) is 19.3 Å². The summed E-state index contributed by atoms with van der Waals surface area (Å²) in [5, 5.41) is 1.17. The number of rotatable bonds is 2. The highest BCUT2D eigenvalue weighted by Gasteiger charge is 2.05. The second-order valence-corrected chi connectivity index (χ2v) is 3.61. The van der Waals surface area contributed by atoms with Crippen molar-refractivity contribution in [1.82, 2.24) is 19.5 Å². The Kier molecular flexibility index (Phi) is 2.84. The van der Waals surface area contributed by atoms with Crippen molar-refractivity contribution in [3.63, 3.8) is 0 Å². The maximum atomic E-state index is 11.7. The molecule has 0 atom stereocenters. The minimum absolute atomic E-state index is 0.165. The van der Waals surface area contributed by atoms with Crippen molar-refractivity contribution in [2.75, 3.05) is 12.1 Å². The van der Waals surface area contributed by atoms with Gasteiger partial charge < -0.3 is 0 Å². The molecule has 0 aromatic carbocycles. The van der Waals surface area contributed by atoms with E-state index in [1.807, 2.05) is 13.0 Å². The van der Waals surface area contributed by atoms with E-state index < -0.39 is 5.69 Å². The molecule has 0 spiro atoms. The number of nitrogens with two attached hydrogens (primary N) is 1. The van der Waals surface area contributed by atoms with Crippen molar-refractivity contribution in [3.05, 3.63) is 40.7 Å². The lowest BCUT2D eigenvalue weighted by Gasteiger charge is -2.09. The Bertz CT molecular complexity index is 574. The fourth-order valence-electron chi connectivity index (χ4n) is 1.26. The van der Waals surface area contributed by atoms with Crippen molar-refractivity contribution < 1.29 is 0 Å². The molecule has 0 bridgehead atoms. The van der Waals surface area contributed by atoms with E-state index in [1.165, 1.54) is 15.9 Å². The third kappa shape index (κ3) is 2.28. The third-order valence-electron chi connectivity index (χ3n) is 2.15. The molecule has 2 aromatic rings. The predicted molar refractivity (Wildman–Crippen MR) is 62.8 cm³/mol. The second kappa shape index (κ2) is 4.30. The van der Waals surface area contributed by atoms with Crippen molar-refractivity contribution in [2.24, 2.45) is 5.84 Å². The van der Waals surface area contributed by atoms with Gasteiger partial charge in [0.15, 0.2) is 0 Å². The minimum Gasteiger partial charge on any atom is -0.282 e. The lowest BCUT2D eigenvalue weighted by Crippen LogP contribution is -2.32. The van der Waals surface area contributed by atoms with Gasteiger partial charge in [-0.25, -0.2) is 25.2 Å². The smallest absolute Gasteiger partial charge is 0.282 e. The average Bonchev–Trinajstić information content (AvgIpc) is 2.30. The van der Waals surface area contributed by atoms with E-state index in [9.17, 15) is 4.79 Å². The van der Waals surface area contributed by atoms with Crippen LogP contribution in [0.4, 0.5) is 5.95 Å². The number of hydrogen-bond donors (Lipinski definition) is 1. The van der Waals surface area contributed by atoms with Crippen LogP contribution in [-0.2, 0) is 0 Å². The van der Waals surface area contributed by atoms with Crippen LogP contribution in [0.2, 0.25) is 0 Å². The lowest BCUT2D eigenvalue weighted by atomic mass is 10.3. The zero-order valence-electron chi connectivity index (χ0n) is 9.53. The first-order chi connectivity index (χ1) is 8.08. The first-order valence-electron chi connectivity index (χ1n) is 4.95. The van der Waals surface area contributed by atoms with Gasteiger partial charge in [0.25, 0.3) is 0 Å². The van der Waals surface area contributed by atoms with Crippen LogP contribution in [0, 0.1) is 6.92 Å². The van der Waals surface area contributed by atoms with Gasteiger partial charge in [0, 0.05) is 13.2 Å². The number of anilines is 1. The first-order valence-corrected chi connectivity index (χ1v) is 4.95. The Morgan fingerprint density at radius 1 is 1.35 bits per heavy atom. The largest absolute Gasteiger partial charge is 0.357 e. The van der Waals surface area contributed by atoms with Gasteiger partial charge in [-0.1, -0.05) is 6.07 Å². The molecular formula is C10H12N6O. The van der Waals surface area contributed by atoms with Gasteiger partial charge in [0.2, 0.25) is 5.95 Å². The molecule has 0 amide bonds. The molecule has 0 aliphatic rings. The van der Waals surface area contributed by atoms with E-state index >= 15 is 0 Å². The summed E-state index contributed by atoms with van der Waals surface area (Å²) in [6.07, 6.45) is 3.02. The zero-order chi connectivity index (χ0) is 12.4. The summed E-state index contributed by atoms with van der Waals surface area (Å²) in [5.41, 5.74) is 0.546. The van der Waals surface area contributed by atoms with Gasteiger partial charge in [-0.3, -0.25) is 5.01 Å². The van der Waals surface area contributed by atoms with E-state index in [2.05, 4.69) is 15.0 Å². The van der Waals surface area contributed by atoms with Crippen LogP contribution in [0.1, 0.15) is 5.56 Å². The van der Waals surface area contributed by atoms with Crippen LogP contribution in [0.15, 0.2) is 29.5 Å². The zero-order valence-corrected chi connectivity index (χ0v) is 9.53. The molecule has 0 radical (unpaired) electrons. The highest BCUT2D eigenvalue weighted by molar-refractivity contribution is 5.27. The van der Waals surface area contributed by atoms with Crippen molar-refractivity contribution in [2.45, 2.75) is 6.92 Å². The van der Waals surface area contributed by atoms with Gasteiger partial charge in [-0.2, -0.15) is 4.98 Å². The van der Waals surface area contributed by atoms with Crippen LogP contribution in [0.3, 0.4) is 0 Å². The maximum Gasteiger partial charge on any atom is 0.357 e. The first kappa shape index (κ1) is 11.2. The van der Waals surface area contributed by atoms with Gasteiger partial charge in [-0.15, -0.1) is 0 Å². The third-order valence-corrected chi connectivity index (χ3v) is 2.15. The molecule has 7 heteroatoms. The molecule has 0 aliphatic heterocycles. The fourth-order valence-corrected chi connectivity index (χ4v) is 1.26. The van der Waals surface area contributed by atoms with Gasteiger partial charge in [-0.05, 0) is 18.6 Å². The summed E-state index contributed by atoms with van der Waals surface area (Å²) < 4.78 is 1.26. The average molecular weight is 232 g/mol. The Morgan fingerprint density at radius 2 is 2.12 bits per heavy atom. The van der Waals surface area contributed by atoms with E-state index in [-0.39, 0.29) is 5.95 Å². The molecule has 0 saturated heterocycles. The predicted octanol–water partition coefficient (Wildman–Crippen LogP) is -0.359. The van der Waals surface area contributed by atoms with Crippen LogP contribution >= 0.6 is 0 Å². The summed E-state index contributed by atoms with van der Waals surface area (Å²) in [6.45, 7) is 1.92. The summed E-state index contributed by atoms with van der Waals surface area (Å²) in [5.74, 6) is 6.08. The highest BCUT2D eigenvalue weighted by atomic mass is 16.1. The molecule has 88 valence electrons. The second-order valence-electron chi connectivity index (χ2n) is 3.61. The van der Waals surface area contributed by atoms with Crippen molar-refractivity contribution in [1.29, 1.82) is 0 Å². The molecule has 0 unspecified atom stereocenters. The van der Waals surface area contributed by atoms with Gasteiger partial charge in [0.1, 0.15) is 12.1 Å². The van der Waals surface area contributed by atoms with E-state index in [0.29, 0.717) is 5.82 Å². The summed E-state index contributed by atoms with van der Waals surface area (Å²) in [4.78, 5) is 23.5. The number of aromatic nitrogens is 4. The molecule has 2 rings (SSSR count). The van der Waals surface area contributed by atoms with Crippen LogP contribution in [-0.4, -0.2) is 26.6 Å². The maximum absolute atomic E-state index is 11.7. The van der Waals surface area contributed by atoms with Gasteiger partial charge >= 0.3 is 5.69 Å². The molecular weight excluding hydrogens is 220 g/mol. The highest BCUT2D eigenvalue weighted by Crippen LogP contribution is 2.02. The number of aryl methyl sites for hydroxylation is 1. The molecule has 17 heavy (non-hydrogen) atoms. The van der Waals surface area contributed by atoms with Gasteiger partial charge in [0.05, 0.1) is 0 Å². The molecule has 2 heterocycles. The molecule has 2 aromatic heterocycles. The number of nitrogens with zero attached hydrogens (tertiary/aromatic N) is 5. The topological polar surface area (TPSA) is 89.9 Å². The quantitative estimate of drug-likeness (QED) is 0.561. The normalized spacial score (nSPS) is 10.3. The molecule has 2 N–H and O–H groups in total. The summed E-state index contributed by atoms with van der Waals surface area (Å²) >= 11 is 0. The molecule has 0 aliphatic carbocycles. The summed E-state index contributed by atoms with van der Waals surface area (Å²) in [7, 11) is 1.56. The van der Waals surface area contributed by atoms with Crippen molar-refractivity contribution in [3.8, 4) is 5.82 Å². The summed E-state index contributed by atoms with van der Waals surface area (Å²) in [6, 6.07) is 3.59. The van der Waals surface area contributed by atoms with Crippen LogP contribution in [0.5, 0.6) is 0 Å². The number of hydrazine groups is 1. The Balaban J connectivity index is 2.47. The fraction of sp³-hybridized carbons (Fsp3) is 0.200.